The van der Waals surface area contributed by atoms with Crippen LogP contribution in [0.5, 0.6) is 0 Å². The number of hydrogen-bond donors (Lipinski definition) is 3. The largest absolute Gasteiger partial charge is 0.396 e. The van der Waals surface area contributed by atoms with E-state index in [0.29, 0.717) is 6.42 Å². The van der Waals surface area contributed by atoms with Crippen molar-refractivity contribution in [3.05, 3.63) is 24.3 Å². The SMILES string of the molecule is CC(C)(CCO)NC(=O)Nc1ccccc1N1CCCCCC1. The van der Waals surface area contributed by atoms with Crippen molar-refractivity contribution in [3.8, 4) is 0 Å². The highest BCUT2D eigenvalue weighted by atomic mass is 16.3. The Balaban J connectivity index is 2.06. The number of benzene rings is 1. The summed E-state index contributed by atoms with van der Waals surface area (Å²) < 4.78 is 0. The second-order valence-corrected chi connectivity index (χ2v) is 6.86. The van der Waals surface area contributed by atoms with Crippen LogP contribution >= 0.6 is 0 Å². The second-order valence-electron chi connectivity index (χ2n) is 6.86. The molecule has 0 aromatic heterocycles. The van der Waals surface area contributed by atoms with Crippen LogP contribution in [0, 0.1) is 0 Å². The number of carbonyl (C=O) groups excluding carboxylic acids is 1. The molecule has 1 fully saturated rings. The third kappa shape index (κ3) is 5.43. The number of amides is 2. The van der Waals surface area contributed by atoms with E-state index in [2.05, 4.69) is 21.6 Å². The van der Waals surface area contributed by atoms with Crippen LogP contribution in [0.2, 0.25) is 0 Å². The Morgan fingerprint density at radius 2 is 1.83 bits per heavy atom. The molecule has 1 saturated heterocycles. The summed E-state index contributed by atoms with van der Waals surface area (Å²) in [4.78, 5) is 14.6. The quantitative estimate of drug-likeness (QED) is 0.780. The smallest absolute Gasteiger partial charge is 0.319 e. The number of aliphatic hydroxyl groups is 1. The zero-order chi connectivity index (χ0) is 16.7. The zero-order valence-corrected chi connectivity index (χ0v) is 14.3. The van der Waals surface area contributed by atoms with Gasteiger partial charge < -0.3 is 20.6 Å². The molecule has 0 radical (unpaired) electrons. The van der Waals surface area contributed by atoms with Gasteiger partial charge in [0.1, 0.15) is 0 Å². The third-order valence-electron chi connectivity index (χ3n) is 4.29. The van der Waals surface area contributed by atoms with Gasteiger partial charge in [-0.15, -0.1) is 0 Å². The van der Waals surface area contributed by atoms with Gasteiger partial charge in [-0.1, -0.05) is 25.0 Å². The van der Waals surface area contributed by atoms with Gasteiger partial charge >= 0.3 is 6.03 Å². The summed E-state index contributed by atoms with van der Waals surface area (Å²) in [7, 11) is 0. The maximum absolute atomic E-state index is 12.3. The molecular formula is C18H29N3O2. The molecule has 3 N–H and O–H groups in total. The minimum absolute atomic E-state index is 0.0532. The molecule has 0 bridgehead atoms. The Morgan fingerprint density at radius 3 is 2.48 bits per heavy atom. The number of para-hydroxylation sites is 2. The molecule has 0 aliphatic carbocycles. The normalized spacial score (nSPS) is 15.9. The molecule has 1 aliphatic rings. The van der Waals surface area contributed by atoms with Gasteiger partial charge in [-0.25, -0.2) is 4.79 Å². The molecule has 2 rings (SSSR count). The molecule has 0 atom stereocenters. The van der Waals surface area contributed by atoms with Gasteiger partial charge in [-0.2, -0.15) is 0 Å². The van der Waals surface area contributed by atoms with Crippen LogP contribution in [0.25, 0.3) is 0 Å². The lowest BCUT2D eigenvalue weighted by Crippen LogP contribution is -2.46. The Bertz CT molecular complexity index is 509. The molecule has 23 heavy (non-hydrogen) atoms. The average Bonchev–Trinajstić information content (AvgIpc) is 2.76. The second kappa shape index (κ2) is 8.20. The highest BCUT2D eigenvalue weighted by molar-refractivity contribution is 5.93. The molecule has 1 heterocycles. The fourth-order valence-corrected chi connectivity index (χ4v) is 2.97. The Kier molecular flexibility index (Phi) is 6.28. The summed E-state index contributed by atoms with van der Waals surface area (Å²) in [6.45, 7) is 5.94. The molecular weight excluding hydrogens is 290 g/mol. The van der Waals surface area contributed by atoms with Gasteiger partial charge in [-0.05, 0) is 45.2 Å². The van der Waals surface area contributed by atoms with E-state index in [1.165, 1.54) is 25.7 Å². The molecule has 5 heteroatoms. The maximum atomic E-state index is 12.3. The maximum Gasteiger partial charge on any atom is 0.319 e. The molecule has 0 spiro atoms. The molecule has 1 aliphatic heterocycles. The predicted molar refractivity (Wildman–Crippen MR) is 95.1 cm³/mol. The number of nitrogens with one attached hydrogen (secondary N) is 2. The van der Waals surface area contributed by atoms with Gasteiger partial charge in [0.15, 0.2) is 0 Å². The van der Waals surface area contributed by atoms with Crippen LogP contribution in [0.3, 0.4) is 0 Å². The van der Waals surface area contributed by atoms with Gasteiger partial charge in [0.25, 0.3) is 0 Å². The van der Waals surface area contributed by atoms with Gasteiger partial charge in [0.2, 0.25) is 0 Å². The minimum Gasteiger partial charge on any atom is -0.396 e. The van der Waals surface area contributed by atoms with E-state index < -0.39 is 5.54 Å². The molecule has 128 valence electrons. The van der Waals surface area contributed by atoms with Gasteiger partial charge in [-0.3, -0.25) is 0 Å². The van der Waals surface area contributed by atoms with Crippen molar-refractivity contribution in [1.29, 1.82) is 0 Å². The van der Waals surface area contributed by atoms with E-state index in [1.807, 2.05) is 32.0 Å². The van der Waals surface area contributed by atoms with E-state index in [1.54, 1.807) is 0 Å². The summed E-state index contributed by atoms with van der Waals surface area (Å²) in [5.74, 6) is 0. The Labute approximate surface area is 139 Å². The summed E-state index contributed by atoms with van der Waals surface area (Å²) in [5.41, 5.74) is 1.49. The molecule has 1 aromatic carbocycles. The number of rotatable bonds is 5. The number of urea groups is 1. The first-order valence-corrected chi connectivity index (χ1v) is 8.56. The lowest BCUT2D eigenvalue weighted by molar-refractivity contribution is 0.218. The molecule has 0 unspecified atom stereocenters. The van der Waals surface area contributed by atoms with Crippen molar-refractivity contribution in [3.63, 3.8) is 0 Å². The number of nitrogens with zero attached hydrogens (tertiary/aromatic N) is 1. The summed E-state index contributed by atoms with van der Waals surface area (Å²) in [5, 5.41) is 15.0. The van der Waals surface area contributed by atoms with E-state index in [9.17, 15) is 4.79 Å². The van der Waals surface area contributed by atoms with Crippen molar-refractivity contribution in [2.75, 3.05) is 29.9 Å². The van der Waals surface area contributed by atoms with Crippen molar-refractivity contribution in [1.82, 2.24) is 5.32 Å². The zero-order valence-electron chi connectivity index (χ0n) is 14.3. The summed E-state index contributed by atoms with van der Waals surface area (Å²) >= 11 is 0. The highest BCUT2D eigenvalue weighted by Gasteiger charge is 2.21. The molecule has 2 amide bonds. The first-order valence-electron chi connectivity index (χ1n) is 8.56. The average molecular weight is 319 g/mol. The first kappa shape index (κ1) is 17.6. The summed E-state index contributed by atoms with van der Waals surface area (Å²) in [6, 6.07) is 7.73. The Hall–Kier alpha value is -1.75. The van der Waals surface area contributed by atoms with E-state index in [-0.39, 0.29) is 12.6 Å². The lowest BCUT2D eigenvalue weighted by atomic mass is 10.0. The molecule has 0 saturated carbocycles. The van der Waals surface area contributed by atoms with Gasteiger partial charge in [0, 0.05) is 25.2 Å². The van der Waals surface area contributed by atoms with Crippen LogP contribution in [0.15, 0.2) is 24.3 Å². The monoisotopic (exact) mass is 319 g/mol. The van der Waals surface area contributed by atoms with Crippen molar-refractivity contribution >= 4 is 17.4 Å². The lowest BCUT2D eigenvalue weighted by Gasteiger charge is -2.28. The van der Waals surface area contributed by atoms with Crippen LogP contribution in [0.4, 0.5) is 16.2 Å². The third-order valence-corrected chi connectivity index (χ3v) is 4.29. The summed E-state index contributed by atoms with van der Waals surface area (Å²) in [6.07, 6.45) is 5.48. The number of aliphatic hydroxyl groups excluding tert-OH is 1. The topological polar surface area (TPSA) is 64.6 Å². The predicted octanol–water partition coefficient (Wildman–Crippen LogP) is 3.35. The minimum atomic E-state index is -0.434. The number of hydrogen-bond acceptors (Lipinski definition) is 3. The van der Waals surface area contributed by atoms with Crippen LogP contribution < -0.4 is 15.5 Å². The van der Waals surface area contributed by atoms with Crippen molar-refractivity contribution < 1.29 is 9.90 Å². The van der Waals surface area contributed by atoms with Crippen molar-refractivity contribution in [2.24, 2.45) is 0 Å². The van der Waals surface area contributed by atoms with Crippen LogP contribution in [0.1, 0.15) is 46.0 Å². The number of carbonyl (C=O) groups is 1. The van der Waals surface area contributed by atoms with Crippen molar-refractivity contribution in [2.45, 2.75) is 51.5 Å². The molecule has 1 aromatic rings. The van der Waals surface area contributed by atoms with Crippen LogP contribution in [-0.2, 0) is 0 Å². The standard InChI is InChI=1S/C18H29N3O2/c1-18(2,11-14-22)20-17(23)19-15-9-5-6-10-16(15)21-12-7-3-4-8-13-21/h5-6,9-10,22H,3-4,7-8,11-14H2,1-2H3,(H2,19,20,23). The van der Waals surface area contributed by atoms with E-state index >= 15 is 0 Å². The first-order chi connectivity index (χ1) is 11.0. The Morgan fingerprint density at radius 1 is 1.17 bits per heavy atom. The van der Waals surface area contributed by atoms with E-state index in [4.69, 9.17) is 5.11 Å². The fourth-order valence-electron chi connectivity index (χ4n) is 2.97. The highest BCUT2D eigenvalue weighted by Crippen LogP contribution is 2.28. The van der Waals surface area contributed by atoms with E-state index in [0.717, 1.165) is 24.5 Å². The molecule has 5 nitrogen and oxygen atoms in total. The fraction of sp³-hybridized carbons (Fsp3) is 0.611. The van der Waals surface area contributed by atoms with Crippen LogP contribution in [-0.4, -0.2) is 36.4 Å². The number of anilines is 2. The van der Waals surface area contributed by atoms with Gasteiger partial charge in [0.05, 0.1) is 11.4 Å².